The van der Waals surface area contributed by atoms with Crippen LogP contribution in [0.15, 0.2) is 42.5 Å². The zero-order valence-electron chi connectivity index (χ0n) is 15.6. The van der Waals surface area contributed by atoms with Crippen LogP contribution >= 0.6 is 0 Å². The molecule has 0 aliphatic carbocycles. The van der Waals surface area contributed by atoms with Gasteiger partial charge < -0.3 is 19.8 Å². The molecule has 7 nitrogen and oxygen atoms in total. The summed E-state index contributed by atoms with van der Waals surface area (Å²) in [5, 5.41) is 27.1. The van der Waals surface area contributed by atoms with Crippen molar-refractivity contribution < 1.29 is 19.7 Å². The second-order valence-electron chi connectivity index (χ2n) is 6.78. The average molecular weight is 379 g/mol. The number of aromatic nitrogens is 2. The number of methoxy groups -OCH3 is 1. The zero-order valence-corrected chi connectivity index (χ0v) is 15.6. The number of phenols is 1. The highest BCUT2D eigenvalue weighted by Gasteiger charge is 2.42. The largest absolute Gasteiger partial charge is 0.507 e. The quantitative estimate of drug-likeness (QED) is 0.633. The summed E-state index contributed by atoms with van der Waals surface area (Å²) in [6, 6.07) is 12.3. The Morgan fingerprint density at radius 3 is 2.64 bits per heavy atom. The van der Waals surface area contributed by atoms with Crippen LogP contribution in [0.1, 0.15) is 33.2 Å². The number of nitrogens with zero attached hydrogens (tertiary/aromatic N) is 2. The van der Waals surface area contributed by atoms with Gasteiger partial charge in [0.25, 0.3) is 5.91 Å². The summed E-state index contributed by atoms with van der Waals surface area (Å²) in [4.78, 5) is 14.6. The fourth-order valence-electron chi connectivity index (χ4n) is 3.71. The first-order valence-electron chi connectivity index (χ1n) is 8.99. The first-order chi connectivity index (χ1) is 13.5. The van der Waals surface area contributed by atoms with Gasteiger partial charge in [-0.2, -0.15) is 5.10 Å². The molecule has 3 N–H and O–H groups in total. The van der Waals surface area contributed by atoms with E-state index in [-0.39, 0.29) is 24.8 Å². The van der Waals surface area contributed by atoms with Gasteiger partial charge in [0.1, 0.15) is 22.9 Å². The molecule has 0 bridgehead atoms. The molecule has 0 saturated carbocycles. The van der Waals surface area contributed by atoms with E-state index in [0.717, 1.165) is 11.1 Å². The number of β-amino-alcohol motifs (C(OH)–C–C–N with tert-alkyl or cyclic N) is 1. The van der Waals surface area contributed by atoms with E-state index in [0.29, 0.717) is 28.3 Å². The molecule has 0 saturated heterocycles. The number of phenolic OH excluding ortho intramolecular Hbond substituents is 1. The highest BCUT2D eigenvalue weighted by molar-refractivity contribution is 6.00. The molecule has 3 aromatic rings. The fraction of sp³-hybridized carbons (Fsp3) is 0.238. The molecule has 4 rings (SSSR count). The van der Waals surface area contributed by atoms with Crippen molar-refractivity contribution >= 4 is 5.91 Å². The van der Waals surface area contributed by atoms with Crippen molar-refractivity contribution in [3.8, 4) is 22.8 Å². The number of fused-ring (bicyclic) bond motifs is 1. The van der Waals surface area contributed by atoms with E-state index in [9.17, 15) is 15.0 Å². The molecule has 1 unspecified atom stereocenters. The lowest BCUT2D eigenvalue weighted by Crippen LogP contribution is -2.32. The monoisotopic (exact) mass is 379 g/mol. The standard InChI is InChI=1S/C21H21N3O4/c1-12-3-8-16(26)15(11-12)18-17-19(23-22-18)21(27)24(9-10-25)20(17)13-4-6-14(28-2)7-5-13/h3-8,11,20,25-26H,9-10H2,1-2H3,(H,22,23). The van der Waals surface area contributed by atoms with Gasteiger partial charge in [-0.15, -0.1) is 0 Å². The van der Waals surface area contributed by atoms with Crippen LogP contribution in [-0.2, 0) is 0 Å². The highest BCUT2D eigenvalue weighted by atomic mass is 16.5. The normalized spacial score (nSPS) is 15.8. The summed E-state index contributed by atoms with van der Waals surface area (Å²) < 4.78 is 5.23. The maximum absolute atomic E-state index is 12.9. The van der Waals surface area contributed by atoms with Gasteiger partial charge in [0.05, 0.1) is 19.8 Å². The number of aromatic hydroxyl groups is 1. The Morgan fingerprint density at radius 2 is 1.96 bits per heavy atom. The van der Waals surface area contributed by atoms with E-state index in [4.69, 9.17) is 4.74 Å². The number of nitrogens with one attached hydrogen (secondary N) is 1. The molecular weight excluding hydrogens is 358 g/mol. The van der Waals surface area contributed by atoms with E-state index in [2.05, 4.69) is 10.2 Å². The van der Waals surface area contributed by atoms with Crippen LogP contribution in [0.2, 0.25) is 0 Å². The molecule has 28 heavy (non-hydrogen) atoms. The Morgan fingerprint density at radius 1 is 1.21 bits per heavy atom. The molecular formula is C21H21N3O4. The number of aliphatic hydroxyl groups is 1. The van der Waals surface area contributed by atoms with Crippen molar-refractivity contribution in [3.05, 3.63) is 64.8 Å². The van der Waals surface area contributed by atoms with E-state index in [1.165, 1.54) is 0 Å². The Labute approximate surface area is 162 Å². The van der Waals surface area contributed by atoms with Gasteiger partial charge in [0.15, 0.2) is 0 Å². The predicted molar refractivity (Wildman–Crippen MR) is 103 cm³/mol. The Balaban J connectivity index is 1.90. The molecule has 2 heterocycles. The van der Waals surface area contributed by atoms with Gasteiger partial charge >= 0.3 is 0 Å². The number of hydrogen-bond acceptors (Lipinski definition) is 5. The first kappa shape index (κ1) is 18.1. The number of H-pyrrole nitrogens is 1. The molecule has 0 fully saturated rings. The number of carbonyl (C=O) groups excluding carboxylic acids is 1. The van der Waals surface area contributed by atoms with Crippen molar-refractivity contribution in [2.45, 2.75) is 13.0 Å². The van der Waals surface area contributed by atoms with E-state index >= 15 is 0 Å². The molecule has 0 radical (unpaired) electrons. The first-order valence-corrected chi connectivity index (χ1v) is 8.99. The molecule has 1 atom stereocenters. The molecule has 144 valence electrons. The van der Waals surface area contributed by atoms with Gasteiger partial charge in [0, 0.05) is 17.7 Å². The van der Waals surface area contributed by atoms with Gasteiger partial charge in [-0.3, -0.25) is 9.89 Å². The number of hydrogen-bond donors (Lipinski definition) is 3. The van der Waals surface area contributed by atoms with Gasteiger partial charge in [-0.25, -0.2) is 0 Å². The van der Waals surface area contributed by atoms with Crippen molar-refractivity contribution in [1.82, 2.24) is 15.1 Å². The summed E-state index contributed by atoms with van der Waals surface area (Å²) in [7, 11) is 1.60. The van der Waals surface area contributed by atoms with Crippen LogP contribution in [-0.4, -0.2) is 51.5 Å². The van der Waals surface area contributed by atoms with Crippen molar-refractivity contribution in [2.24, 2.45) is 0 Å². The van der Waals surface area contributed by atoms with Gasteiger partial charge in [-0.05, 0) is 36.8 Å². The minimum Gasteiger partial charge on any atom is -0.507 e. The van der Waals surface area contributed by atoms with E-state index in [1.807, 2.05) is 43.3 Å². The SMILES string of the molecule is COc1ccc(C2c3c(-c4cc(C)ccc4O)n[nH]c3C(=O)N2CCO)cc1. The van der Waals surface area contributed by atoms with Crippen LogP contribution in [0.3, 0.4) is 0 Å². The van der Waals surface area contributed by atoms with E-state index in [1.54, 1.807) is 18.1 Å². The lowest BCUT2D eigenvalue weighted by atomic mass is 9.95. The molecule has 7 heteroatoms. The lowest BCUT2D eigenvalue weighted by molar-refractivity contribution is 0.0706. The van der Waals surface area contributed by atoms with Crippen LogP contribution in [0.4, 0.5) is 0 Å². The summed E-state index contributed by atoms with van der Waals surface area (Å²) in [5.41, 5.74) is 4.02. The topological polar surface area (TPSA) is 98.7 Å². The predicted octanol–water partition coefficient (Wildman–Crippen LogP) is 2.64. The highest BCUT2D eigenvalue weighted by Crippen LogP contribution is 2.44. The second-order valence-corrected chi connectivity index (χ2v) is 6.78. The zero-order chi connectivity index (χ0) is 19.8. The molecule has 1 aliphatic rings. The summed E-state index contributed by atoms with van der Waals surface area (Å²) >= 11 is 0. The number of aliphatic hydroxyl groups excluding tert-OH is 1. The number of rotatable bonds is 5. The number of benzene rings is 2. The third kappa shape index (κ3) is 2.80. The molecule has 1 amide bonds. The molecule has 2 aromatic carbocycles. The van der Waals surface area contributed by atoms with E-state index < -0.39 is 6.04 Å². The van der Waals surface area contributed by atoms with Crippen molar-refractivity contribution in [1.29, 1.82) is 0 Å². The van der Waals surface area contributed by atoms with Crippen LogP contribution in [0.5, 0.6) is 11.5 Å². The Bertz CT molecular complexity index is 1030. The second kappa shape index (κ2) is 7.01. The third-order valence-corrected chi connectivity index (χ3v) is 5.04. The smallest absolute Gasteiger partial charge is 0.273 e. The van der Waals surface area contributed by atoms with Gasteiger partial charge in [0.2, 0.25) is 0 Å². The Hall–Kier alpha value is -3.32. The lowest BCUT2D eigenvalue weighted by Gasteiger charge is -2.25. The average Bonchev–Trinajstić information content (AvgIpc) is 3.24. The molecule has 1 aliphatic heterocycles. The molecule has 1 aromatic heterocycles. The van der Waals surface area contributed by atoms with Crippen molar-refractivity contribution in [3.63, 3.8) is 0 Å². The number of aromatic amines is 1. The minimum absolute atomic E-state index is 0.0986. The Kier molecular flexibility index (Phi) is 4.52. The maximum atomic E-state index is 12.9. The summed E-state index contributed by atoms with van der Waals surface area (Å²) in [5.74, 6) is 0.586. The van der Waals surface area contributed by atoms with Crippen molar-refractivity contribution in [2.75, 3.05) is 20.3 Å². The van der Waals surface area contributed by atoms with Crippen LogP contribution in [0.25, 0.3) is 11.3 Å². The van der Waals surface area contributed by atoms with Crippen LogP contribution < -0.4 is 4.74 Å². The number of amides is 1. The minimum atomic E-state index is -0.422. The summed E-state index contributed by atoms with van der Waals surface area (Å²) in [6.45, 7) is 1.97. The third-order valence-electron chi connectivity index (χ3n) is 5.04. The number of ether oxygens (including phenoxy) is 1. The van der Waals surface area contributed by atoms with Gasteiger partial charge in [-0.1, -0.05) is 23.8 Å². The fourth-order valence-corrected chi connectivity index (χ4v) is 3.71. The number of carbonyl (C=O) groups is 1. The molecule has 0 spiro atoms. The maximum Gasteiger partial charge on any atom is 0.273 e. The number of aryl methyl sites for hydroxylation is 1. The summed E-state index contributed by atoms with van der Waals surface area (Å²) in [6.07, 6.45) is 0. The van der Waals surface area contributed by atoms with Crippen LogP contribution in [0, 0.1) is 6.92 Å².